The fourth-order valence-electron chi connectivity index (χ4n) is 2.57. The summed E-state index contributed by atoms with van der Waals surface area (Å²) in [5.41, 5.74) is 1.59. The lowest BCUT2D eigenvalue weighted by Gasteiger charge is -2.40. The predicted molar refractivity (Wildman–Crippen MR) is 94.7 cm³/mol. The molecule has 0 aliphatic carbocycles. The second-order valence-corrected chi connectivity index (χ2v) is 6.17. The number of carbonyl (C=O) groups is 3. The molecule has 10 heteroatoms. The van der Waals surface area contributed by atoms with Crippen LogP contribution in [0.25, 0.3) is 0 Å². The number of fused-ring (bicyclic) bond motifs is 2. The number of amides is 1. The Hall–Kier alpha value is -2.98. The van der Waals surface area contributed by atoms with Gasteiger partial charge in [0.2, 0.25) is 0 Å². The van der Waals surface area contributed by atoms with E-state index in [-0.39, 0.29) is 24.6 Å². The van der Waals surface area contributed by atoms with Gasteiger partial charge in [0.25, 0.3) is 11.5 Å². The fraction of sp³-hybridized carbons (Fsp3) is 0.444. The number of rotatable bonds is 4. The first-order chi connectivity index (χ1) is 13.3. The molecule has 4 rings (SSSR count). The number of pyridine rings is 1. The van der Waals surface area contributed by atoms with E-state index in [2.05, 4.69) is 9.47 Å². The minimum absolute atomic E-state index is 0.0307. The van der Waals surface area contributed by atoms with E-state index in [0.717, 1.165) is 11.1 Å². The molecule has 0 N–H and O–H groups in total. The van der Waals surface area contributed by atoms with Crippen molar-refractivity contribution in [1.82, 2.24) is 9.47 Å². The topological polar surface area (TPSA) is 113 Å². The minimum atomic E-state index is -0.736. The van der Waals surface area contributed by atoms with Crippen LogP contribution in [-0.2, 0) is 40.2 Å². The Labute approximate surface area is 161 Å². The highest BCUT2D eigenvalue weighted by molar-refractivity contribution is 5.88. The van der Waals surface area contributed by atoms with Crippen molar-refractivity contribution >= 4 is 17.8 Å². The van der Waals surface area contributed by atoms with E-state index < -0.39 is 24.3 Å². The van der Waals surface area contributed by atoms with Crippen LogP contribution in [0.2, 0.25) is 0 Å². The summed E-state index contributed by atoms with van der Waals surface area (Å²) in [5.74, 6) is -1.18. The molecule has 0 aromatic carbocycles. The van der Waals surface area contributed by atoms with Crippen molar-refractivity contribution in [2.24, 2.45) is 0 Å². The van der Waals surface area contributed by atoms with Gasteiger partial charge < -0.3 is 14.0 Å². The van der Waals surface area contributed by atoms with E-state index in [4.69, 9.17) is 9.78 Å². The second-order valence-electron chi connectivity index (χ2n) is 6.17. The molecule has 28 heavy (non-hydrogen) atoms. The Morgan fingerprint density at radius 1 is 1.04 bits per heavy atom. The van der Waals surface area contributed by atoms with Crippen LogP contribution >= 0.6 is 0 Å². The molecule has 0 spiro atoms. The number of nitrogens with zero attached hydrogens (tertiary/aromatic N) is 2. The molecule has 1 aromatic heterocycles. The molecule has 4 heterocycles. The summed E-state index contributed by atoms with van der Waals surface area (Å²) in [5, 5.41) is 0. The minimum Gasteiger partial charge on any atom is -0.468 e. The maximum Gasteiger partial charge on any atom is 0.325 e. The summed E-state index contributed by atoms with van der Waals surface area (Å²) in [6.07, 6.45) is 1.96. The van der Waals surface area contributed by atoms with E-state index in [9.17, 15) is 19.2 Å². The van der Waals surface area contributed by atoms with E-state index in [0.29, 0.717) is 0 Å². The standard InChI is InChI=1S/C9H11NO5.C9H11NO3/c1-5-3-6-8(12)10(4-7(11)13-2)9(5)15-14-6;1-7-3-4-8(11)10(5-7)6-9(12)13-2/h3,6,9H,4H2,1-2H3;3-5H,6H2,1-2H3. The number of aryl methyl sites for hydroxylation is 1. The van der Waals surface area contributed by atoms with Crippen LogP contribution in [0.5, 0.6) is 0 Å². The highest BCUT2D eigenvalue weighted by Crippen LogP contribution is 2.27. The Balaban J connectivity index is 0.000000203. The molecule has 0 saturated carbocycles. The van der Waals surface area contributed by atoms with Gasteiger partial charge in [0, 0.05) is 12.3 Å². The maximum absolute atomic E-state index is 11.7. The van der Waals surface area contributed by atoms with E-state index >= 15 is 0 Å². The number of hydrogen-bond acceptors (Lipinski definition) is 8. The Morgan fingerprint density at radius 3 is 2.29 bits per heavy atom. The summed E-state index contributed by atoms with van der Waals surface area (Å²) >= 11 is 0. The molecule has 1 aromatic rings. The third-order valence-electron chi connectivity index (χ3n) is 4.05. The van der Waals surface area contributed by atoms with Crippen molar-refractivity contribution in [2.45, 2.75) is 32.7 Å². The summed E-state index contributed by atoms with van der Waals surface area (Å²) in [6.45, 7) is 3.52. The van der Waals surface area contributed by atoms with Crippen molar-refractivity contribution in [3.05, 3.63) is 45.9 Å². The summed E-state index contributed by atoms with van der Waals surface area (Å²) in [4.78, 5) is 55.8. The zero-order chi connectivity index (χ0) is 20.8. The average Bonchev–Trinajstić information content (AvgIpc) is 2.68. The number of methoxy groups -OCH3 is 2. The van der Waals surface area contributed by atoms with Crippen LogP contribution in [0.3, 0.4) is 0 Å². The van der Waals surface area contributed by atoms with Gasteiger partial charge in [0.05, 0.1) is 14.2 Å². The Bertz CT molecular complexity index is 844. The molecule has 152 valence electrons. The van der Waals surface area contributed by atoms with E-state index in [1.807, 2.05) is 13.8 Å². The Morgan fingerprint density at radius 2 is 1.68 bits per heavy atom. The number of carbonyl (C=O) groups excluding carboxylic acids is 3. The van der Waals surface area contributed by atoms with Crippen LogP contribution in [0.1, 0.15) is 12.5 Å². The number of hydrogen-bond donors (Lipinski definition) is 0. The normalized spacial score (nSPS) is 20.1. The molecular formula is C18H22N2O8. The first kappa shape index (κ1) is 21.3. The lowest BCUT2D eigenvalue weighted by atomic mass is 10.1. The first-order valence-corrected chi connectivity index (χ1v) is 8.38. The van der Waals surface area contributed by atoms with Crippen molar-refractivity contribution in [3.63, 3.8) is 0 Å². The average molecular weight is 394 g/mol. The zero-order valence-corrected chi connectivity index (χ0v) is 16.0. The quantitative estimate of drug-likeness (QED) is 0.396. The smallest absolute Gasteiger partial charge is 0.325 e. The van der Waals surface area contributed by atoms with Gasteiger partial charge in [0.15, 0.2) is 12.3 Å². The summed E-state index contributed by atoms with van der Waals surface area (Å²) < 4.78 is 10.3. The molecule has 10 nitrogen and oxygen atoms in total. The SMILES string of the molecule is COC(=O)CN1C(=O)C2C=C(C)C1OO2.COC(=O)Cn1cc(C)ccc1=O. The molecule has 2 unspecified atom stereocenters. The zero-order valence-electron chi connectivity index (χ0n) is 16.0. The van der Waals surface area contributed by atoms with E-state index in [1.165, 1.54) is 29.8 Å². The molecule has 1 fully saturated rings. The summed E-state index contributed by atoms with van der Waals surface area (Å²) in [7, 11) is 2.57. The number of aromatic nitrogens is 1. The van der Waals surface area contributed by atoms with Gasteiger partial charge in [0.1, 0.15) is 13.1 Å². The summed E-state index contributed by atoms with van der Waals surface area (Å²) in [6, 6.07) is 3.13. The van der Waals surface area contributed by atoms with Gasteiger partial charge in [-0.1, -0.05) is 6.07 Å². The third-order valence-corrected chi connectivity index (χ3v) is 4.05. The monoisotopic (exact) mass is 394 g/mol. The number of esters is 2. The largest absolute Gasteiger partial charge is 0.468 e. The lowest BCUT2D eigenvalue weighted by molar-refractivity contribution is -0.378. The van der Waals surface area contributed by atoms with Gasteiger partial charge in [-0.2, -0.15) is 0 Å². The van der Waals surface area contributed by atoms with Gasteiger partial charge >= 0.3 is 11.9 Å². The predicted octanol–water partition coefficient (Wildman–Crippen LogP) is -0.0659. The molecule has 1 amide bonds. The number of ether oxygens (including phenoxy) is 2. The maximum atomic E-state index is 11.7. The van der Waals surface area contributed by atoms with Gasteiger partial charge in [-0.15, -0.1) is 0 Å². The first-order valence-electron chi connectivity index (χ1n) is 8.38. The van der Waals surface area contributed by atoms with E-state index in [1.54, 1.807) is 18.3 Å². The third kappa shape index (κ3) is 5.05. The van der Waals surface area contributed by atoms with Crippen LogP contribution in [0.15, 0.2) is 34.8 Å². The lowest BCUT2D eigenvalue weighted by Crippen LogP contribution is -2.57. The van der Waals surface area contributed by atoms with Crippen molar-refractivity contribution in [2.75, 3.05) is 20.8 Å². The molecule has 1 saturated heterocycles. The van der Waals surface area contributed by atoms with Crippen molar-refractivity contribution < 1.29 is 33.6 Å². The highest BCUT2D eigenvalue weighted by Gasteiger charge is 2.43. The second kappa shape index (κ2) is 9.29. The molecule has 2 bridgehead atoms. The fourth-order valence-corrected chi connectivity index (χ4v) is 2.57. The molecule has 0 radical (unpaired) electrons. The highest BCUT2D eigenvalue weighted by atomic mass is 17.2. The molecule has 3 aliphatic rings. The van der Waals surface area contributed by atoms with Crippen LogP contribution in [0, 0.1) is 6.92 Å². The van der Waals surface area contributed by atoms with Crippen LogP contribution in [-0.4, -0.2) is 60.4 Å². The van der Waals surface area contributed by atoms with Crippen LogP contribution in [0.4, 0.5) is 0 Å². The van der Waals surface area contributed by atoms with Gasteiger partial charge in [-0.05, 0) is 31.1 Å². The van der Waals surface area contributed by atoms with Crippen molar-refractivity contribution in [1.29, 1.82) is 0 Å². The van der Waals surface area contributed by atoms with Gasteiger partial charge in [-0.3, -0.25) is 24.1 Å². The van der Waals surface area contributed by atoms with Crippen molar-refractivity contribution in [3.8, 4) is 0 Å². The van der Waals surface area contributed by atoms with Gasteiger partial charge in [-0.25, -0.2) is 9.78 Å². The molecule has 3 aliphatic heterocycles. The molecule has 2 atom stereocenters. The Kier molecular flexibility index (Phi) is 7.07. The van der Waals surface area contributed by atoms with Crippen LogP contribution < -0.4 is 5.56 Å². The molecular weight excluding hydrogens is 372 g/mol.